The molecule has 1 heterocycles. The molecule has 0 aliphatic carbocycles. The van der Waals surface area contributed by atoms with Gasteiger partial charge in [0.05, 0.1) is 11.4 Å². The van der Waals surface area contributed by atoms with Crippen LogP contribution in [0.25, 0.3) is 11.3 Å². The molecular formula is C23H31ClN6O2. The van der Waals surface area contributed by atoms with Crippen molar-refractivity contribution in [2.75, 3.05) is 19.1 Å². The van der Waals surface area contributed by atoms with Crippen LogP contribution in [0, 0.1) is 20.8 Å². The molecule has 0 fully saturated rings. The van der Waals surface area contributed by atoms with E-state index in [9.17, 15) is 4.79 Å². The third-order valence-corrected chi connectivity index (χ3v) is 5.45. The van der Waals surface area contributed by atoms with Gasteiger partial charge >= 0.3 is 0 Å². The largest absolute Gasteiger partial charge is 0.488 e. The molecule has 9 heteroatoms. The Morgan fingerprint density at radius 1 is 1.16 bits per heavy atom. The minimum absolute atomic E-state index is 0.346. The van der Waals surface area contributed by atoms with Gasteiger partial charge in [0.25, 0.3) is 0 Å². The van der Waals surface area contributed by atoms with Crippen LogP contribution in [0.5, 0.6) is 5.75 Å². The Labute approximate surface area is 194 Å². The number of hydrogen-bond donors (Lipinski definition) is 2. The number of hydrazine groups is 2. The summed E-state index contributed by atoms with van der Waals surface area (Å²) in [4.78, 5) is 9.31. The van der Waals surface area contributed by atoms with Crippen LogP contribution in [-0.2, 0) is 18.4 Å². The number of benzene rings is 2. The normalized spacial score (nSPS) is 10.3. The number of aryl methyl sites for hydroxylation is 2. The number of aromatic nitrogens is 2. The van der Waals surface area contributed by atoms with E-state index in [-0.39, 0.29) is 0 Å². The smallest absolute Gasteiger partial charge is 0.223 e. The summed E-state index contributed by atoms with van der Waals surface area (Å²) in [5, 5.41) is 7.76. The summed E-state index contributed by atoms with van der Waals surface area (Å²) in [7, 11) is 5.21. The van der Waals surface area contributed by atoms with Crippen molar-refractivity contribution in [3.05, 3.63) is 63.8 Å². The highest BCUT2D eigenvalue weighted by atomic mass is 35.5. The quantitative estimate of drug-likeness (QED) is 0.253. The molecule has 3 rings (SSSR count). The van der Waals surface area contributed by atoms with E-state index in [1.807, 2.05) is 49.0 Å². The van der Waals surface area contributed by atoms with E-state index in [4.69, 9.17) is 28.0 Å². The number of nitrogens with zero attached hydrogens (tertiary/aromatic N) is 4. The lowest BCUT2D eigenvalue weighted by Gasteiger charge is -2.19. The molecule has 172 valence electrons. The van der Waals surface area contributed by atoms with Crippen molar-refractivity contribution in [1.29, 1.82) is 0 Å². The van der Waals surface area contributed by atoms with E-state index in [1.54, 1.807) is 12.1 Å². The fourth-order valence-corrected chi connectivity index (χ4v) is 3.34. The molecule has 4 N–H and O–H groups in total. The van der Waals surface area contributed by atoms with Crippen molar-refractivity contribution in [2.45, 2.75) is 27.4 Å². The van der Waals surface area contributed by atoms with Crippen LogP contribution in [-0.4, -0.2) is 35.3 Å². The van der Waals surface area contributed by atoms with Gasteiger partial charge in [-0.2, -0.15) is 5.10 Å². The Bertz CT molecular complexity index is 1080. The van der Waals surface area contributed by atoms with Crippen molar-refractivity contribution in [2.24, 2.45) is 18.7 Å². The third kappa shape index (κ3) is 6.00. The maximum absolute atomic E-state index is 9.31. The van der Waals surface area contributed by atoms with E-state index < -0.39 is 0 Å². The Balaban J connectivity index is 0.000000654. The molecule has 0 saturated carbocycles. The summed E-state index contributed by atoms with van der Waals surface area (Å²) in [6.45, 7) is 6.55. The van der Waals surface area contributed by atoms with Crippen molar-refractivity contribution >= 4 is 23.7 Å². The monoisotopic (exact) mass is 458 g/mol. The maximum Gasteiger partial charge on any atom is 0.223 e. The highest BCUT2D eigenvalue weighted by Gasteiger charge is 2.14. The van der Waals surface area contributed by atoms with Crippen LogP contribution in [0.2, 0.25) is 5.02 Å². The van der Waals surface area contributed by atoms with Crippen LogP contribution in [0.15, 0.2) is 36.4 Å². The Hall–Kier alpha value is -3.07. The van der Waals surface area contributed by atoms with Crippen molar-refractivity contribution in [3.63, 3.8) is 0 Å². The van der Waals surface area contributed by atoms with E-state index in [1.165, 1.54) is 18.3 Å². The van der Waals surface area contributed by atoms with Gasteiger partial charge in [-0.15, -0.1) is 0 Å². The molecule has 0 atom stereocenters. The first-order chi connectivity index (χ1) is 15.1. The van der Waals surface area contributed by atoms with Gasteiger partial charge in [-0.1, -0.05) is 17.7 Å². The second-order valence-electron chi connectivity index (χ2n) is 7.57. The molecule has 0 saturated heterocycles. The zero-order valence-electron chi connectivity index (χ0n) is 19.4. The number of carbonyl (C=O) groups is 1. The van der Waals surface area contributed by atoms with E-state index in [0.29, 0.717) is 18.0 Å². The number of ether oxygens (including phenoxy) is 1. The molecule has 0 aliphatic heterocycles. The van der Waals surface area contributed by atoms with E-state index >= 15 is 0 Å². The number of anilines is 1. The molecule has 8 nitrogen and oxygen atoms in total. The van der Waals surface area contributed by atoms with Gasteiger partial charge in [0.2, 0.25) is 6.41 Å². The van der Waals surface area contributed by atoms with Gasteiger partial charge in [0, 0.05) is 43.0 Å². The number of hydrogen-bond acceptors (Lipinski definition) is 6. The summed E-state index contributed by atoms with van der Waals surface area (Å²) in [5.74, 6) is 11.5. The minimum Gasteiger partial charge on any atom is -0.488 e. The van der Waals surface area contributed by atoms with Gasteiger partial charge in [0.1, 0.15) is 12.4 Å². The summed E-state index contributed by atoms with van der Waals surface area (Å²) >= 11 is 6.35. The maximum atomic E-state index is 9.31. The zero-order valence-corrected chi connectivity index (χ0v) is 20.1. The number of rotatable bonds is 6. The summed E-state index contributed by atoms with van der Waals surface area (Å²) in [6, 6.07) is 11.8. The average molecular weight is 459 g/mol. The van der Waals surface area contributed by atoms with Gasteiger partial charge in [-0.3, -0.25) is 14.5 Å². The first-order valence-electron chi connectivity index (χ1n) is 9.99. The van der Waals surface area contributed by atoms with Crippen LogP contribution in [0.3, 0.4) is 0 Å². The summed E-state index contributed by atoms with van der Waals surface area (Å²) < 4.78 is 7.96. The van der Waals surface area contributed by atoms with Crippen LogP contribution >= 0.6 is 11.6 Å². The van der Waals surface area contributed by atoms with Gasteiger partial charge in [-0.25, -0.2) is 11.7 Å². The van der Waals surface area contributed by atoms with Crippen LogP contribution in [0.1, 0.15) is 22.4 Å². The van der Waals surface area contributed by atoms with Crippen molar-refractivity contribution in [1.82, 2.24) is 14.8 Å². The lowest BCUT2D eigenvalue weighted by Crippen LogP contribution is -2.26. The van der Waals surface area contributed by atoms with Crippen LogP contribution < -0.4 is 21.4 Å². The average Bonchev–Trinajstić information content (AvgIpc) is 3.01. The number of halogens is 1. The Morgan fingerprint density at radius 2 is 1.81 bits per heavy atom. The molecular weight excluding hydrogens is 428 g/mol. The van der Waals surface area contributed by atoms with Gasteiger partial charge in [-0.05, 0) is 62.2 Å². The number of nitrogens with two attached hydrogens (primary N) is 2. The zero-order chi connectivity index (χ0) is 24.0. The highest BCUT2D eigenvalue weighted by molar-refractivity contribution is 6.31. The second kappa shape index (κ2) is 11.0. The lowest BCUT2D eigenvalue weighted by molar-refractivity contribution is -0.117. The molecule has 2 aromatic carbocycles. The molecule has 0 radical (unpaired) electrons. The molecule has 0 spiro atoms. The Kier molecular flexibility index (Phi) is 8.65. The molecule has 1 aromatic heterocycles. The third-order valence-electron chi connectivity index (χ3n) is 5.09. The molecule has 0 aliphatic rings. The molecule has 1 amide bonds. The first-order valence-corrected chi connectivity index (χ1v) is 10.4. The fourth-order valence-electron chi connectivity index (χ4n) is 3.12. The van der Waals surface area contributed by atoms with Gasteiger partial charge in [0.15, 0.2) is 0 Å². The van der Waals surface area contributed by atoms with Gasteiger partial charge < -0.3 is 9.75 Å². The second-order valence-corrected chi connectivity index (χ2v) is 7.98. The minimum atomic E-state index is 0.346. The number of amides is 1. The molecule has 0 unspecified atom stereocenters. The predicted molar refractivity (Wildman–Crippen MR) is 129 cm³/mol. The van der Waals surface area contributed by atoms with E-state index in [2.05, 4.69) is 25.0 Å². The standard InChI is InChI=1S/C21H25ClN4O.C2H6N2O/c1-13-11-16(21-14(2)15(3)26(5)24-21)9-10-20(13)27-12-17-18(22)7-6-8-19(17)25(4)23;1-4(3)2-5/h6-11H,12,23H2,1-5H3;2H,3H2,1H3. The number of carbonyl (C=O) groups excluding carboxylic acids is 1. The van der Waals surface area contributed by atoms with E-state index in [0.717, 1.165) is 38.8 Å². The molecule has 0 bridgehead atoms. The molecule has 3 aromatic rings. The summed E-state index contributed by atoms with van der Waals surface area (Å²) in [5.41, 5.74) is 7.20. The van der Waals surface area contributed by atoms with Crippen molar-refractivity contribution in [3.8, 4) is 17.0 Å². The first kappa shape index (κ1) is 25.2. The highest BCUT2D eigenvalue weighted by Crippen LogP contribution is 2.31. The predicted octanol–water partition coefficient (Wildman–Crippen LogP) is 3.50. The van der Waals surface area contributed by atoms with Crippen molar-refractivity contribution < 1.29 is 9.53 Å². The lowest BCUT2D eigenvalue weighted by atomic mass is 10.0. The Morgan fingerprint density at radius 3 is 2.31 bits per heavy atom. The van der Waals surface area contributed by atoms with Crippen LogP contribution in [0.4, 0.5) is 5.69 Å². The SMILES string of the molecule is CN(N)C=O.Cc1cc(-c2nn(C)c(C)c2C)ccc1OCc1c(Cl)cccc1N(C)N. The fraction of sp³-hybridized carbons (Fsp3) is 0.304. The topological polar surface area (TPSA) is 103 Å². The summed E-state index contributed by atoms with van der Waals surface area (Å²) in [6.07, 6.45) is 0.528. The molecule has 32 heavy (non-hydrogen) atoms.